The summed E-state index contributed by atoms with van der Waals surface area (Å²) in [7, 11) is 1.37. The minimum absolute atomic E-state index is 0.361. The van der Waals surface area contributed by atoms with Gasteiger partial charge in [-0.2, -0.15) is 5.10 Å². The average molecular weight is 295 g/mol. The summed E-state index contributed by atoms with van der Waals surface area (Å²) in [5.41, 5.74) is 2.52. The van der Waals surface area contributed by atoms with Crippen LogP contribution in [0, 0.1) is 0 Å². The number of pyridine rings is 1. The van der Waals surface area contributed by atoms with E-state index in [-0.39, 0.29) is 5.97 Å². The second kappa shape index (κ2) is 3.84. The third-order valence-electron chi connectivity index (χ3n) is 3.04. The second-order valence-electron chi connectivity index (χ2n) is 4.24. The Kier molecular flexibility index (Phi) is 2.43. The summed E-state index contributed by atoms with van der Waals surface area (Å²) < 4.78 is 7.36. The Morgan fingerprint density at radius 3 is 3.00 bits per heavy atom. The summed E-state index contributed by atoms with van der Waals surface area (Å²) in [5, 5.41) is 4.21. The molecule has 0 atom stereocenters. The van der Waals surface area contributed by atoms with Gasteiger partial charge in [-0.1, -0.05) is 0 Å². The topological polar surface area (TPSA) is 43.6 Å². The van der Waals surface area contributed by atoms with E-state index in [1.165, 1.54) is 25.5 Å². The smallest absolute Gasteiger partial charge is 0.341 e. The van der Waals surface area contributed by atoms with Crippen molar-refractivity contribution in [3.63, 3.8) is 0 Å². The molecule has 0 bridgehead atoms. The van der Waals surface area contributed by atoms with Crippen molar-refractivity contribution in [1.29, 1.82) is 0 Å². The molecule has 2 heterocycles. The van der Waals surface area contributed by atoms with Gasteiger partial charge in [0.1, 0.15) is 5.56 Å². The van der Waals surface area contributed by atoms with Crippen LogP contribution in [0.25, 0.3) is 5.52 Å². The van der Waals surface area contributed by atoms with Crippen molar-refractivity contribution >= 4 is 27.4 Å². The number of nitrogens with zero attached hydrogens (tertiary/aromatic N) is 2. The van der Waals surface area contributed by atoms with Crippen molar-refractivity contribution in [3.05, 3.63) is 34.1 Å². The number of hydrogen-bond acceptors (Lipinski definition) is 3. The zero-order valence-corrected chi connectivity index (χ0v) is 10.9. The number of halogens is 1. The lowest BCUT2D eigenvalue weighted by molar-refractivity contribution is 0.0603. The highest BCUT2D eigenvalue weighted by Crippen LogP contribution is 2.41. The molecule has 3 rings (SSSR count). The number of fused-ring (bicyclic) bond motifs is 1. The lowest BCUT2D eigenvalue weighted by atomic mass is 10.1. The van der Waals surface area contributed by atoms with Gasteiger partial charge in [0, 0.05) is 10.7 Å². The highest BCUT2D eigenvalue weighted by atomic mass is 79.9. The van der Waals surface area contributed by atoms with Crippen molar-refractivity contribution in [2.75, 3.05) is 7.11 Å². The first kappa shape index (κ1) is 10.8. The first-order valence-corrected chi connectivity index (χ1v) is 6.25. The summed E-state index contributed by atoms with van der Waals surface area (Å²) in [6, 6.07) is 2.07. The summed E-state index contributed by atoms with van der Waals surface area (Å²) in [6.07, 6.45) is 6.01. The van der Waals surface area contributed by atoms with Crippen LogP contribution < -0.4 is 0 Å². The number of hydrogen-bond donors (Lipinski definition) is 0. The van der Waals surface area contributed by atoms with Crippen LogP contribution in [0.15, 0.2) is 22.9 Å². The van der Waals surface area contributed by atoms with Crippen LogP contribution in [0.4, 0.5) is 0 Å². The molecule has 1 saturated carbocycles. The number of esters is 1. The standard InChI is InChI=1S/C12H11BrN2O2/c1-17-12(16)9-5-14-15-6-8(7-2-3-7)4-10(13)11(9)15/h4-7H,2-3H2,1H3. The Balaban J connectivity index is 2.19. The molecule has 0 aromatic carbocycles. The Hall–Kier alpha value is -1.36. The Labute approximate surface area is 107 Å². The van der Waals surface area contributed by atoms with Crippen LogP contribution in [0.5, 0.6) is 0 Å². The maximum absolute atomic E-state index is 11.6. The predicted molar refractivity (Wildman–Crippen MR) is 66.2 cm³/mol. The number of ether oxygens (including phenoxy) is 1. The fraction of sp³-hybridized carbons (Fsp3) is 0.333. The maximum atomic E-state index is 11.6. The van der Waals surface area contributed by atoms with Gasteiger partial charge in [-0.3, -0.25) is 0 Å². The van der Waals surface area contributed by atoms with Crippen molar-refractivity contribution < 1.29 is 9.53 Å². The SMILES string of the molecule is COC(=O)c1cnn2cc(C3CC3)cc(Br)c12. The molecule has 2 aromatic heterocycles. The molecule has 2 aromatic rings. The van der Waals surface area contributed by atoms with Crippen LogP contribution in [0.2, 0.25) is 0 Å². The van der Waals surface area contributed by atoms with Crippen molar-refractivity contribution in [2.24, 2.45) is 0 Å². The Morgan fingerprint density at radius 1 is 1.59 bits per heavy atom. The van der Waals surface area contributed by atoms with E-state index < -0.39 is 0 Å². The first-order chi connectivity index (χ1) is 8.20. The van der Waals surface area contributed by atoms with Crippen LogP contribution in [-0.2, 0) is 4.74 Å². The molecule has 0 amide bonds. The quantitative estimate of drug-likeness (QED) is 0.800. The van der Waals surface area contributed by atoms with Crippen LogP contribution >= 0.6 is 15.9 Å². The molecule has 5 heteroatoms. The van der Waals surface area contributed by atoms with Gasteiger partial charge in [0.15, 0.2) is 0 Å². The highest BCUT2D eigenvalue weighted by molar-refractivity contribution is 9.10. The Bertz CT molecular complexity index is 602. The van der Waals surface area contributed by atoms with Crippen molar-refractivity contribution in [2.45, 2.75) is 18.8 Å². The predicted octanol–water partition coefficient (Wildman–Crippen LogP) is 2.76. The minimum Gasteiger partial charge on any atom is -0.465 e. The fourth-order valence-corrected chi connectivity index (χ4v) is 2.65. The monoisotopic (exact) mass is 294 g/mol. The van der Waals surface area contributed by atoms with E-state index in [1.807, 2.05) is 6.20 Å². The van der Waals surface area contributed by atoms with Crippen LogP contribution in [0.3, 0.4) is 0 Å². The van der Waals surface area contributed by atoms with Gasteiger partial charge in [-0.25, -0.2) is 9.31 Å². The van der Waals surface area contributed by atoms with Gasteiger partial charge in [0.05, 0.1) is 18.8 Å². The third kappa shape index (κ3) is 1.74. The van der Waals surface area contributed by atoms with Gasteiger partial charge in [-0.15, -0.1) is 0 Å². The zero-order valence-electron chi connectivity index (χ0n) is 9.31. The molecule has 0 aliphatic heterocycles. The number of aromatic nitrogens is 2. The largest absolute Gasteiger partial charge is 0.465 e. The summed E-state index contributed by atoms with van der Waals surface area (Å²) in [5.74, 6) is 0.293. The summed E-state index contributed by atoms with van der Waals surface area (Å²) >= 11 is 3.50. The summed E-state index contributed by atoms with van der Waals surface area (Å²) in [6.45, 7) is 0. The number of carbonyl (C=O) groups excluding carboxylic acids is 1. The first-order valence-electron chi connectivity index (χ1n) is 5.46. The van der Waals surface area contributed by atoms with E-state index in [1.54, 1.807) is 10.7 Å². The minimum atomic E-state index is -0.361. The lowest BCUT2D eigenvalue weighted by Crippen LogP contribution is -2.01. The molecular formula is C12H11BrN2O2. The number of methoxy groups -OCH3 is 1. The molecule has 4 nitrogen and oxygen atoms in total. The van der Waals surface area contributed by atoms with Gasteiger partial charge in [-0.05, 0) is 46.3 Å². The second-order valence-corrected chi connectivity index (χ2v) is 5.09. The zero-order chi connectivity index (χ0) is 12.0. The van der Waals surface area contributed by atoms with Gasteiger partial charge in [0.25, 0.3) is 0 Å². The molecule has 1 aliphatic carbocycles. The van der Waals surface area contributed by atoms with Crippen LogP contribution in [0.1, 0.15) is 34.7 Å². The lowest BCUT2D eigenvalue weighted by Gasteiger charge is -2.04. The summed E-state index contributed by atoms with van der Waals surface area (Å²) in [4.78, 5) is 11.6. The van der Waals surface area contributed by atoms with E-state index in [2.05, 4.69) is 27.1 Å². The number of rotatable bonds is 2. The molecule has 1 fully saturated rings. The normalized spacial score (nSPS) is 15.2. The molecule has 1 aliphatic rings. The van der Waals surface area contributed by atoms with Crippen molar-refractivity contribution in [3.8, 4) is 0 Å². The fourth-order valence-electron chi connectivity index (χ4n) is 1.99. The van der Waals surface area contributed by atoms with Crippen molar-refractivity contribution in [1.82, 2.24) is 9.61 Å². The van der Waals surface area contributed by atoms with E-state index in [0.717, 1.165) is 9.99 Å². The highest BCUT2D eigenvalue weighted by Gasteiger charge is 2.25. The van der Waals surface area contributed by atoms with E-state index in [9.17, 15) is 4.79 Å². The molecule has 0 spiro atoms. The molecule has 0 N–H and O–H groups in total. The van der Waals surface area contributed by atoms with Gasteiger partial charge < -0.3 is 4.74 Å². The molecule has 0 saturated heterocycles. The number of carbonyl (C=O) groups is 1. The van der Waals surface area contributed by atoms with Gasteiger partial charge >= 0.3 is 5.97 Å². The van der Waals surface area contributed by atoms with E-state index >= 15 is 0 Å². The third-order valence-corrected chi connectivity index (χ3v) is 3.64. The van der Waals surface area contributed by atoms with E-state index in [4.69, 9.17) is 4.74 Å². The molecule has 0 radical (unpaired) electrons. The maximum Gasteiger partial charge on any atom is 0.341 e. The van der Waals surface area contributed by atoms with Crippen LogP contribution in [-0.4, -0.2) is 22.7 Å². The Morgan fingerprint density at radius 2 is 2.35 bits per heavy atom. The molecule has 17 heavy (non-hydrogen) atoms. The van der Waals surface area contributed by atoms with E-state index in [0.29, 0.717) is 11.5 Å². The van der Waals surface area contributed by atoms with Gasteiger partial charge in [0.2, 0.25) is 0 Å². The average Bonchev–Trinajstić information content (AvgIpc) is 3.08. The molecular weight excluding hydrogens is 284 g/mol. The molecule has 88 valence electrons. The molecule has 0 unspecified atom stereocenters.